The summed E-state index contributed by atoms with van der Waals surface area (Å²) in [7, 11) is 0. The van der Waals surface area contributed by atoms with Crippen LogP contribution in [0, 0.1) is 0 Å². The normalized spacial score (nSPS) is 10.8. The van der Waals surface area contributed by atoms with E-state index in [0.717, 1.165) is 5.56 Å². The van der Waals surface area contributed by atoms with E-state index in [0.29, 0.717) is 28.4 Å². The van der Waals surface area contributed by atoms with Crippen molar-refractivity contribution in [1.82, 2.24) is 10.1 Å². The summed E-state index contributed by atoms with van der Waals surface area (Å²) >= 11 is 0. The van der Waals surface area contributed by atoms with Crippen molar-refractivity contribution < 1.29 is 23.3 Å². The Kier molecular flexibility index (Phi) is 6.07. The van der Waals surface area contributed by atoms with Crippen LogP contribution in [0.25, 0.3) is 22.4 Å². The number of rotatable bonds is 7. The molecule has 0 radical (unpaired) electrons. The van der Waals surface area contributed by atoms with Crippen LogP contribution in [0.2, 0.25) is 0 Å². The third-order valence-electron chi connectivity index (χ3n) is 4.58. The molecule has 0 aliphatic heterocycles. The van der Waals surface area contributed by atoms with E-state index in [-0.39, 0.29) is 30.9 Å². The molecule has 0 bridgehead atoms. The smallest absolute Gasteiger partial charge is 0.336 e. The Morgan fingerprint density at radius 3 is 2.69 bits per heavy atom. The van der Waals surface area contributed by atoms with Crippen molar-refractivity contribution in [3.05, 3.63) is 76.5 Å². The average Bonchev–Trinajstić information content (AvgIpc) is 3.25. The van der Waals surface area contributed by atoms with Crippen molar-refractivity contribution in [2.45, 2.75) is 26.4 Å². The van der Waals surface area contributed by atoms with Crippen molar-refractivity contribution >= 4 is 28.5 Å². The summed E-state index contributed by atoms with van der Waals surface area (Å²) < 4.78 is 15.7. The van der Waals surface area contributed by atoms with Gasteiger partial charge in [0, 0.05) is 47.7 Å². The third-order valence-corrected chi connectivity index (χ3v) is 4.58. The number of amides is 1. The van der Waals surface area contributed by atoms with Gasteiger partial charge in [-0.1, -0.05) is 35.5 Å². The summed E-state index contributed by atoms with van der Waals surface area (Å²) in [6, 6.07) is 15.6. The van der Waals surface area contributed by atoms with Crippen LogP contribution in [0.1, 0.15) is 24.8 Å². The second-order valence-electron chi connectivity index (χ2n) is 7.02. The number of carbonyl (C=O) groups excluding carboxylic acids is 2. The zero-order chi connectivity index (χ0) is 22.5. The van der Waals surface area contributed by atoms with E-state index < -0.39 is 11.6 Å². The first-order chi connectivity index (χ1) is 15.5. The van der Waals surface area contributed by atoms with Crippen molar-refractivity contribution in [3.8, 4) is 11.4 Å². The predicted octanol–water partition coefficient (Wildman–Crippen LogP) is 3.48. The Morgan fingerprint density at radius 2 is 1.91 bits per heavy atom. The molecule has 4 aromatic rings. The maximum absolute atomic E-state index is 12.2. The highest BCUT2D eigenvalue weighted by atomic mass is 16.5. The van der Waals surface area contributed by atoms with E-state index in [1.165, 1.54) is 13.0 Å². The van der Waals surface area contributed by atoms with Gasteiger partial charge >= 0.3 is 11.6 Å². The lowest BCUT2D eigenvalue weighted by atomic mass is 10.1. The Hall–Kier alpha value is -4.27. The summed E-state index contributed by atoms with van der Waals surface area (Å²) in [6.07, 6.45) is 0.277. The lowest BCUT2D eigenvalue weighted by Crippen LogP contribution is -2.09. The van der Waals surface area contributed by atoms with E-state index in [9.17, 15) is 14.4 Å². The lowest BCUT2D eigenvalue weighted by molar-refractivity contribution is -0.145. The SMILES string of the molecule is CC(=O)Nc1ccc2c(COC(=O)CCc3nc(-c4ccccc4)no3)cc(=O)oc2c1. The molecule has 4 rings (SSSR count). The number of nitrogens with one attached hydrogen (secondary N) is 1. The first-order valence-electron chi connectivity index (χ1n) is 9.86. The van der Waals surface area contributed by atoms with Gasteiger partial charge in [-0.05, 0) is 12.1 Å². The second-order valence-corrected chi connectivity index (χ2v) is 7.02. The highest BCUT2D eigenvalue weighted by Gasteiger charge is 2.13. The standard InChI is InChI=1S/C23H19N3O6/c1-14(27)24-17-7-8-18-16(11-22(29)31-19(18)12-17)13-30-21(28)10-9-20-25-23(26-32-20)15-5-3-2-4-6-15/h2-8,11-12H,9-10,13H2,1H3,(H,24,27). The molecule has 162 valence electrons. The number of benzene rings is 2. The average molecular weight is 433 g/mol. The molecule has 2 aromatic heterocycles. The first-order valence-corrected chi connectivity index (χ1v) is 9.86. The van der Waals surface area contributed by atoms with E-state index in [1.807, 2.05) is 30.3 Å². The highest BCUT2D eigenvalue weighted by molar-refractivity contribution is 5.92. The minimum atomic E-state index is -0.581. The number of ether oxygens (including phenoxy) is 1. The zero-order valence-corrected chi connectivity index (χ0v) is 17.2. The van der Waals surface area contributed by atoms with Gasteiger partial charge in [-0.15, -0.1) is 0 Å². The Balaban J connectivity index is 1.38. The van der Waals surface area contributed by atoms with Crippen LogP contribution >= 0.6 is 0 Å². The van der Waals surface area contributed by atoms with Crippen LogP contribution in [0.15, 0.2) is 68.3 Å². The molecule has 0 fully saturated rings. The van der Waals surface area contributed by atoms with Gasteiger partial charge in [0.15, 0.2) is 0 Å². The summed E-state index contributed by atoms with van der Waals surface area (Å²) in [4.78, 5) is 39.6. The number of aryl methyl sites for hydroxylation is 1. The van der Waals surface area contributed by atoms with Crippen LogP contribution in [-0.4, -0.2) is 22.0 Å². The number of fused-ring (bicyclic) bond motifs is 1. The van der Waals surface area contributed by atoms with Crippen molar-refractivity contribution in [1.29, 1.82) is 0 Å². The summed E-state index contributed by atoms with van der Waals surface area (Å²) in [5.41, 5.74) is 1.53. The zero-order valence-electron chi connectivity index (χ0n) is 17.2. The molecule has 32 heavy (non-hydrogen) atoms. The summed E-state index contributed by atoms with van der Waals surface area (Å²) in [5, 5.41) is 7.15. The van der Waals surface area contributed by atoms with E-state index in [2.05, 4.69) is 15.5 Å². The van der Waals surface area contributed by atoms with Crippen molar-refractivity contribution in [2.24, 2.45) is 0 Å². The molecule has 0 saturated carbocycles. The number of carbonyl (C=O) groups is 2. The van der Waals surface area contributed by atoms with Crippen LogP contribution in [0.3, 0.4) is 0 Å². The van der Waals surface area contributed by atoms with Gasteiger partial charge in [0.2, 0.25) is 17.6 Å². The molecular formula is C23H19N3O6. The second kappa shape index (κ2) is 9.25. The molecule has 0 unspecified atom stereocenters. The molecule has 0 aliphatic rings. The van der Waals surface area contributed by atoms with Gasteiger partial charge in [-0.2, -0.15) is 4.98 Å². The molecule has 9 heteroatoms. The number of nitrogens with zero attached hydrogens (tertiary/aromatic N) is 2. The van der Waals surface area contributed by atoms with Gasteiger partial charge in [0.25, 0.3) is 0 Å². The largest absolute Gasteiger partial charge is 0.461 e. The van der Waals surface area contributed by atoms with E-state index in [4.69, 9.17) is 13.7 Å². The highest BCUT2D eigenvalue weighted by Crippen LogP contribution is 2.22. The monoisotopic (exact) mass is 433 g/mol. The lowest BCUT2D eigenvalue weighted by Gasteiger charge is -2.08. The fourth-order valence-corrected chi connectivity index (χ4v) is 3.13. The Bertz CT molecular complexity index is 1330. The van der Waals surface area contributed by atoms with Gasteiger partial charge in [-0.25, -0.2) is 4.79 Å². The molecule has 0 aliphatic carbocycles. The maximum Gasteiger partial charge on any atom is 0.336 e. The molecule has 1 amide bonds. The molecule has 0 saturated heterocycles. The summed E-state index contributed by atoms with van der Waals surface area (Å²) in [6.45, 7) is 1.28. The minimum absolute atomic E-state index is 0.0441. The Labute approximate surface area is 182 Å². The van der Waals surface area contributed by atoms with Gasteiger partial charge in [0.1, 0.15) is 12.2 Å². The topological polar surface area (TPSA) is 125 Å². The molecule has 0 spiro atoms. The number of anilines is 1. The number of esters is 1. The molecule has 1 N–H and O–H groups in total. The van der Waals surface area contributed by atoms with Gasteiger partial charge in [0.05, 0.1) is 6.42 Å². The first kappa shape index (κ1) is 21.0. The number of hydrogen-bond donors (Lipinski definition) is 1. The fraction of sp³-hybridized carbons (Fsp3) is 0.174. The van der Waals surface area contributed by atoms with E-state index >= 15 is 0 Å². The number of aromatic nitrogens is 2. The van der Waals surface area contributed by atoms with Crippen LogP contribution in [-0.2, 0) is 27.4 Å². The fourth-order valence-electron chi connectivity index (χ4n) is 3.13. The predicted molar refractivity (Wildman–Crippen MR) is 115 cm³/mol. The molecule has 0 atom stereocenters. The van der Waals surface area contributed by atoms with E-state index in [1.54, 1.807) is 18.2 Å². The molecule has 2 aromatic carbocycles. The van der Waals surface area contributed by atoms with Crippen LogP contribution < -0.4 is 10.9 Å². The molecular weight excluding hydrogens is 414 g/mol. The molecule has 2 heterocycles. The molecule has 9 nitrogen and oxygen atoms in total. The minimum Gasteiger partial charge on any atom is -0.461 e. The quantitative estimate of drug-likeness (QED) is 0.347. The van der Waals surface area contributed by atoms with Crippen molar-refractivity contribution in [3.63, 3.8) is 0 Å². The van der Waals surface area contributed by atoms with Crippen LogP contribution in [0.4, 0.5) is 5.69 Å². The number of hydrogen-bond acceptors (Lipinski definition) is 8. The Morgan fingerprint density at radius 1 is 1.09 bits per heavy atom. The summed E-state index contributed by atoms with van der Waals surface area (Å²) in [5.74, 6) is 0.0711. The maximum atomic E-state index is 12.2. The van der Waals surface area contributed by atoms with Gasteiger partial charge in [-0.3, -0.25) is 9.59 Å². The van der Waals surface area contributed by atoms with Crippen LogP contribution in [0.5, 0.6) is 0 Å². The van der Waals surface area contributed by atoms with Crippen molar-refractivity contribution in [2.75, 3.05) is 5.32 Å². The van der Waals surface area contributed by atoms with Gasteiger partial charge < -0.3 is 19.0 Å². The third kappa shape index (κ3) is 5.07.